The van der Waals surface area contributed by atoms with Crippen LogP contribution in [0.4, 0.5) is 11.4 Å². The van der Waals surface area contributed by atoms with E-state index in [4.69, 9.17) is 5.73 Å². The zero-order valence-corrected chi connectivity index (χ0v) is 13.0. The molecule has 1 aromatic rings. The van der Waals surface area contributed by atoms with Crippen LogP contribution in [0.1, 0.15) is 32.6 Å². The van der Waals surface area contributed by atoms with E-state index in [0.717, 1.165) is 29.1 Å². The summed E-state index contributed by atoms with van der Waals surface area (Å²) in [4.78, 5) is 0. The molecule has 2 aliphatic carbocycles. The van der Waals surface area contributed by atoms with Crippen molar-refractivity contribution in [3.8, 4) is 0 Å². The monoisotopic (exact) mass is 356 g/mol. The second-order valence-corrected chi connectivity index (χ2v) is 7.25. The Balaban J connectivity index is 1.69. The van der Waals surface area contributed by atoms with Gasteiger partial charge in [-0.3, -0.25) is 0 Å². The summed E-state index contributed by atoms with van der Waals surface area (Å²) in [6.45, 7) is 2.32. The van der Waals surface area contributed by atoms with Crippen LogP contribution in [0.5, 0.6) is 0 Å². The summed E-state index contributed by atoms with van der Waals surface area (Å²) in [5.41, 5.74) is 8.05. The fraction of sp³-hybridized carbons (Fsp3) is 0.600. The van der Waals surface area contributed by atoms with Crippen molar-refractivity contribution in [1.29, 1.82) is 0 Å². The van der Waals surface area contributed by atoms with Gasteiger partial charge in [-0.1, -0.05) is 6.42 Å². The molecule has 3 rings (SSSR count). The van der Waals surface area contributed by atoms with Gasteiger partial charge in [0.15, 0.2) is 0 Å². The number of nitrogens with two attached hydrogens (primary N) is 1. The molecule has 0 spiro atoms. The Morgan fingerprint density at radius 1 is 1.33 bits per heavy atom. The number of anilines is 2. The van der Waals surface area contributed by atoms with Crippen LogP contribution in [-0.4, -0.2) is 6.04 Å². The SMILES string of the molecule is CC(Nc1ccc(I)cc1N)C1CC2CCC1C2. The van der Waals surface area contributed by atoms with E-state index in [1.54, 1.807) is 0 Å². The lowest BCUT2D eigenvalue weighted by molar-refractivity contribution is 0.304. The van der Waals surface area contributed by atoms with Gasteiger partial charge in [0.05, 0.1) is 11.4 Å². The van der Waals surface area contributed by atoms with E-state index in [9.17, 15) is 0 Å². The minimum Gasteiger partial charge on any atom is -0.397 e. The summed E-state index contributed by atoms with van der Waals surface area (Å²) in [6, 6.07) is 6.81. The summed E-state index contributed by atoms with van der Waals surface area (Å²) in [5.74, 6) is 2.82. The first-order valence-electron chi connectivity index (χ1n) is 6.95. The summed E-state index contributed by atoms with van der Waals surface area (Å²) in [7, 11) is 0. The molecule has 0 radical (unpaired) electrons. The number of fused-ring (bicyclic) bond motifs is 2. The molecule has 0 heterocycles. The second kappa shape index (κ2) is 4.91. The highest BCUT2D eigenvalue weighted by Gasteiger charge is 2.41. The molecular weight excluding hydrogens is 335 g/mol. The maximum Gasteiger partial charge on any atom is 0.0576 e. The standard InChI is InChI=1S/C15H21IN2/c1-9(13-7-10-2-3-11(13)6-10)18-15-5-4-12(16)8-14(15)17/h4-5,8-11,13,18H,2-3,6-7,17H2,1H3. The molecule has 3 heteroatoms. The molecule has 2 bridgehead atoms. The van der Waals surface area contributed by atoms with E-state index in [2.05, 4.69) is 47.0 Å². The number of halogens is 1. The lowest BCUT2D eigenvalue weighted by Gasteiger charge is -2.29. The third-order valence-corrected chi connectivity index (χ3v) is 5.50. The quantitative estimate of drug-likeness (QED) is 0.632. The number of benzene rings is 1. The summed E-state index contributed by atoms with van der Waals surface area (Å²) in [6.07, 6.45) is 5.81. The van der Waals surface area contributed by atoms with Crippen molar-refractivity contribution < 1.29 is 0 Å². The Morgan fingerprint density at radius 3 is 2.78 bits per heavy atom. The normalized spacial score (nSPS) is 31.6. The van der Waals surface area contributed by atoms with Gasteiger partial charge in [-0.25, -0.2) is 0 Å². The number of hydrogen-bond donors (Lipinski definition) is 2. The first kappa shape index (κ1) is 12.6. The fourth-order valence-corrected chi connectivity index (χ4v) is 4.44. The van der Waals surface area contributed by atoms with Crippen LogP contribution in [0.2, 0.25) is 0 Å². The summed E-state index contributed by atoms with van der Waals surface area (Å²) < 4.78 is 1.20. The molecule has 2 aliphatic rings. The predicted octanol–water partition coefficient (Wildman–Crippen LogP) is 4.11. The first-order valence-corrected chi connectivity index (χ1v) is 8.03. The van der Waals surface area contributed by atoms with Gasteiger partial charge in [0, 0.05) is 9.61 Å². The maximum absolute atomic E-state index is 6.08. The first-order chi connectivity index (χ1) is 8.63. The van der Waals surface area contributed by atoms with Gasteiger partial charge in [0.1, 0.15) is 0 Å². The van der Waals surface area contributed by atoms with Crippen LogP contribution in [0.25, 0.3) is 0 Å². The van der Waals surface area contributed by atoms with Crippen LogP contribution in [-0.2, 0) is 0 Å². The highest BCUT2D eigenvalue weighted by Crippen LogP contribution is 2.49. The maximum atomic E-state index is 6.08. The topological polar surface area (TPSA) is 38.0 Å². The van der Waals surface area contributed by atoms with Gasteiger partial charge < -0.3 is 11.1 Å². The number of rotatable bonds is 3. The van der Waals surface area contributed by atoms with Crippen LogP contribution in [0.15, 0.2) is 18.2 Å². The number of hydrogen-bond acceptors (Lipinski definition) is 2. The van der Waals surface area contributed by atoms with Crippen molar-refractivity contribution in [3.05, 3.63) is 21.8 Å². The molecule has 0 aliphatic heterocycles. The Kier molecular flexibility index (Phi) is 3.43. The van der Waals surface area contributed by atoms with Gasteiger partial charge in [0.2, 0.25) is 0 Å². The van der Waals surface area contributed by atoms with Crippen LogP contribution >= 0.6 is 22.6 Å². The highest BCUT2D eigenvalue weighted by atomic mass is 127. The minimum absolute atomic E-state index is 0.544. The molecule has 4 atom stereocenters. The molecule has 3 N–H and O–H groups in total. The lowest BCUT2D eigenvalue weighted by atomic mass is 9.84. The third-order valence-electron chi connectivity index (χ3n) is 4.83. The van der Waals surface area contributed by atoms with Crippen molar-refractivity contribution in [3.63, 3.8) is 0 Å². The average molecular weight is 356 g/mol. The average Bonchev–Trinajstić information content (AvgIpc) is 2.94. The molecule has 2 fully saturated rings. The lowest BCUT2D eigenvalue weighted by Crippen LogP contribution is -2.30. The molecule has 0 aromatic heterocycles. The fourth-order valence-electron chi connectivity index (χ4n) is 3.92. The Morgan fingerprint density at radius 2 is 2.17 bits per heavy atom. The molecule has 18 heavy (non-hydrogen) atoms. The van der Waals surface area contributed by atoms with Crippen molar-refractivity contribution in [2.75, 3.05) is 11.1 Å². The summed E-state index contributed by atoms with van der Waals surface area (Å²) >= 11 is 2.30. The van der Waals surface area contributed by atoms with Crippen LogP contribution in [0, 0.1) is 21.3 Å². The van der Waals surface area contributed by atoms with Gasteiger partial charge in [-0.05, 0) is 84.7 Å². The van der Waals surface area contributed by atoms with Crippen LogP contribution < -0.4 is 11.1 Å². The van der Waals surface area contributed by atoms with Gasteiger partial charge >= 0.3 is 0 Å². The zero-order chi connectivity index (χ0) is 12.7. The van der Waals surface area contributed by atoms with E-state index in [1.807, 2.05) is 6.07 Å². The number of nitrogen functional groups attached to an aromatic ring is 1. The van der Waals surface area contributed by atoms with Crippen molar-refractivity contribution in [2.24, 2.45) is 17.8 Å². The molecule has 0 saturated heterocycles. The van der Waals surface area contributed by atoms with Crippen molar-refractivity contribution in [2.45, 2.75) is 38.6 Å². The third kappa shape index (κ3) is 2.33. The smallest absolute Gasteiger partial charge is 0.0576 e. The summed E-state index contributed by atoms with van der Waals surface area (Å²) in [5, 5.41) is 3.64. The second-order valence-electron chi connectivity index (χ2n) is 6.00. The largest absolute Gasteiger partial charge is 0.397 e. The molecule has 2 nitrogen and oxygen atoms in total. The van der Waals surface area contributed by atoms with Gasteiger partial charge in [-0.2, -0.15) is 0 Å². The molecule has 98 valence electrons. The van der Waals surface area contributed by atoms with Gasteiger partial charge in [-0.15, -0.1) is 0 Å². The number of nitrogens with one attached hydrogen (secondary N) is 1. The van der Waals surface area contributed by atoms with E-state index >= 15 is 0 Å². The molecule has 4 unspecified atom stereocenters. The van der Waals surface area contributed by atoms with Gasteiger partial charge in [0.25, 0.3) is 0 Å². The highest BCUT2D eigenvalue weighted by molar-refractivity contribution is 14.1. The Labute approximate surface area is 123 Å². The van der Waals surface area contributed by atoms with E-state index in [-0.39, 0.29) is 0 Å². The minimum atomic E-state index is 0.544. The zero-order valence-electron chi connectivity index (χ0n) is 10.8. The van der Waals surface area contributed by atoms with Crippen LogP contribution in [0.3, 0.4) is 0 Å². The van der Waals surface area contributed by atoms with E-state index in [0.29, 0.717) is 6.04 Å². The molecular formula is C15H21IN2. The molecule has 2 saturated carbocycles. The van der Waals surface area contributed by atoms with Crippen molar-refractivity contribution in [1.82, 2.24) is 0 Å². The van der Waals surface area contributed by atoms with E-state index in [1.165, 1.54) is 29.3 Å². The Bertz CT molecular complexity index is 446. The Hall–Kier alpha value is -0.450. The van der Waals surface area contributed by atoms with E-state index < -0.39 is 0 Å². The molecule has 0 amide bonds. The predicted molar refractivity (Wildman–Crippen MR) is 85.6 cm³/mol. The van der Waals surface area contributed by atoms with Crippen molar-refractivity contribution >= 4 is 34.0 Å². The molecule has 1 aromatic carbocycles.